The lowest BCUT2D eigenvalue weighted by Gasteiger charge is -2.38. The molecule has 64 heavy (non-hydrogen) atoms. The molecule has 1 aromatic heterocycles. The molecule has 1 N–H and O–H groups in total. The third-order valence-corrected chi connectivity index (χ3v) is 16.2. The number of esters is 1. The number of benzene rings is 1. The van der Waals surface area contributed by atoms with Crippen molar-refractivity contribution in [1.82, 2.24) is 14.6 Å². The first-order valence-corrected chi connectivity index (χ1v) is 23.5. The second kappa shape index (κ2) is 18.0. The highest BCUT2D eigenvalue weighted by molar-refractivity contribution is 7.91. The van der Waals surface area contributed by atoms with Crippen molar-refractivity contribution in [3.8, 4) is 17.5 Å². The predicted octanol–water partition coefficient (Wildman–Crippen LogP) is 6.77. The van der Waals surface area contributed by atoms with Crippen LogP contribution in [0, 0.1) is 34.9 Å². The van der Waals surface area contributed by atoms with Crippen molar-refractivity contribution in [3.63, 3.8) is 0 Å². The topological polar surface area (TPSA) is 177 Å². The molecule has 2 aromatic rings. The number of hydrogen-bond acceptors (Lipinski definition) is 12. The van der Waals surface area contributed by atoms with Crippen molar-refractivity contribution in [2.75, 3.05) is 34.0 Å². The Balaban J connectivity index is 1.26. The van der Waals surface area contributed by atoms with Gasteiger partial charge in [0.1, 0.15) is 6.10 Å². The maximum Gasteiger partial charge on any atom is 0.430 e. The second-order valence-electron chi connectivity index (χ2n) is 18.6. The van der Waals surface area contributed by atoms with E-state index >= 15 is 9.18 Å². The zero-order valence-electron chi connectivity index (χ0n) is 36.8. The Morgan fingerprint density at radius 2 is 1.83 bits per heavy atom. The number of ether oxygens (including phenoxy) is 5. The Kier molecular flexibility index (Phi) is 13.4. The van der Waals surface area contributed by atoms with Crippen molar-refractivity contribution >= 4 is 44.4 Å². The minimum absolute atomic E-state index is 0.000881. The van der Waals surface area contributed by atoms with Gasteiger partial charge in [-0.2, -0.15) is 18.2 Å². The van der Waals surface area contributed by atoms with Crippen molar-refractivity contribution in [1.29, 1.82) is 0 Å². The van der Waals surface area contributed by atoms with Gasteiger partial charge in [0, 0.05) is 37.3 Å². The van der Waals surface area contributed by atoms with Crippen LogP contribution in [0.25, 0.3) is 10.8 Å². The number of hydrogen-bond donors (Lipinski definition) is 1. The van der Waals surface area contributed by atoms with E-state index in [1.165, 1.54) is 31.3 Å². The molecule has 2 saturated heterocycles. The second-order valence-corrected chi connectivity index (χ2v) is 20.8. The highest BCUT2D eigenvalue weighted by Gasteiger charge is 2.63. The molecule has 5 aliphatic rings. The average molecular weight is 924 g/mol. The Morgan fingerprint density at radius 1 is 1.08 bits per heavy atom. The highest BCUT2D eigenvalue weighted by Crippen LogP contribution is 2.58. The summed E-state index contributed by atoms with van der Waals surface area (Å²) < 4.78 is 114. The molecule has 2 amide bonds. The van der Waals surface area contributed by atoms with Crippen LogP contribution in [0.1, 0.15) is 97.8 Å². The van der Waals surface area contributed by atoms with E-state index in [0.717, 1.165) is 0 Å². The summed E-state index contributed by atoms with van der Waals surface area (Å²) in [6.07, 6.45) is -1.16. The van der Waals surface area contributed by atoms with Crippen LogP contribution >= 0.6 is 0 Å². The van der Waals surface area contributed by atoms with Gasteiger partial charge in [0.05, 0.1) is 55.9 Å². The van der Waals surface area contributed by atoms with Gasteiger partial charge in [-0.1, -0.05) is 32.4 Å². The smallest absolute Gasteiger partial charge is 0.430 e. The lowest BCUT2D eigenvalue weighted by atomic mass is 9.79. The van der Waals surface area contributed by atoms with Crippen LogP contribution in [0.3, 0.4) is 0 Å². The number of aromatic nitrogens is 1. The number of nitrogens with zero attached hydrogens (tertiary/aromatic N) is 2. The summed E-state index contributed by atoms with van der Waals surface area (Å²) in [5.74, 6) is -6.36. The van der Waals surface area contributed by atoms with E-state index < -0.39 is 117 Å². The van der Waals surface area contributed by atoms with Gasteiger partial charge < -0.3 is 28.6 Å². The van der Waals surface area contributed by atoms with E-state index in [-0.39, 0.29) is 61.2 Å². The SMILES string of the molecule is CC[C@@H]1C[C@H](C)CC/C=C\[C@@H]2C[C@@]2(C(=O)NS(=O)(=O)C2(C)CC2)CC(=O)[C@@H]2C[C@@H](Oc3nc(OC)cc4cc(OC)c(F)cc34)CN2C(=O)[C@H]1CC(=O)OC1(C(F)(F)F)CCCOC1. The van der Waals surface area contributed by atoms with Crippen LogP contribution in [0.4, 0.5) is 17.6 Å². The molecule has 352 valence electrons. The molecule has 0 spiro atoms. The van der Waals surface area contributed by atoms with Crippen LogP contribution < -0.4 is 18.9 Å². The fourth-order valence-electron chi connectivity index (χ4n) is 9.62. The Labute approximate surface area is 370 Å². The molecule has 8 atom stereocenters. The third-order valence-electron chi connectivity index (χ3n) is 14.1. The number of amides is 2. The molecule has 2 saturated carbocycles. The third kappa shape index (κ3) is 9.43. The number of alkyl halides is 3. The van der Waals surface area contributed by atoms with E-state index in [9.17, 15) is 36.0 Å². The number of allylic oxidation sites excluding steroid dienone is 2. The number of Topliss-reactive ketones (excluding diaryl/α,β-unsaturated/α-hetero) is 1. The zero-order valence-corrected chi connectivity index (χ0v) is 37.6. The lowest BCUT2D eigenvalue weighted by molar-refractivity contribution is -0.295. The van der Waals surface area contributed by atoms with Crippen molar-refractivity contribution < 1.29 is 68.8 Å². The first-order valence-electron chi connectivity index (χ1n) is 22.0. The summed E-state index contributed by atoms with van der Waals surface area (Å²) in [5.41, 5.74) is -4.34. The zero-order chi connectivity index (χ0) is 46.4. The van der Waals surface area contributed by atoms with Crippen LogP contribution in [0.2, 0.25) is 0 Å². The van der Waals surface area contributed by atoms with Gasteiger partial charge >= 0.3 is 12.1 Å². The molecule has 7 rings (SSSR count). The minimum atomic E-state index is -4.96. The fraction of sp³-hybridized carbons (Fsp3) is 0.667. The lowest BCUT2D eigenvalue weighted by Crippen LogP contribution is -2.55. The molecule has 1 unspecified atom stereocenters. The molecule has 1 aromatic carbocycles. The van der Waals surface area contributed by atoms with Crippen molar-refractivity contribution in [2.24, 2.45) is 29.1 Å². The van der Waals surface area contributed by atoms with E-state index in [4.69, 9.17) is 23.7 Å². The van der Waals surface area contributed by atoms with Crippen molar-refractivity contribution in [3.05, 3.63) is 36.2 Å². The van der Waals surface area contributed by atoms with Gasteiger partial charge in [-0.3, -0.25) is 23.9 Å². The Morgan fingerprint density at radius 3 is 2.47 bits per heavy atom. The number of halogens is 4. The molecule has 4 fully saturated rings. The van der Waals surface area contributed by atoms with E-state index in [2.05, 4.69) is 9.71 Å². The molecule has 0 radical (unpaired) electrons. The normalized spacial score (nSPS) is 31.4. The largest absolute Gasteiger partial charge is 0.494 e. The van der Waals surface area contributed by atoms with Gasteiger partial charge in [0.15, 0.2) is 17.3 Å². The quantitative estimate of drug-likeness (QED) is 0.143. The van der Waals surface area contributed by atoms with Gasteiger partial charge in [0.25, 0.3) is 0 Å². The summed E-state index contributed by atoms with van der Waals surface area (Å²) in [5, 5.41) is 0.662. The molecule has 14 nitrogen and oxygen atoms in total. The number of methoxy groups -OCH3 is 2. The number of rotatable bonds is 11. The number of sulfonamides is 1. The maximum atomic E-state index is 15.2. The molecular weight excluding hydrogens is 867 g/mol. The van der Waals surface area contributed by atoms with Crippen LogP contribution in [0.5, 0.6) is 17.5 Å². The fourth-order valence-corrected chi connectivity index (χ4v) is 11.0. The number of carbonyl (C=O) groups excluding carboxylic acids is 4. The first-order chi connectivity index (χ1) is 30.2. The maximum absolute atomic E-state index is 15.2. The molecule has 19 heteroatoms. The van der Waals surface area contributed by atoms with E-state index in [0.29, 0.717) is 43.9 Å². The van der Waals surface area contributed by atoms with Gasteiger partial charge in [-0.05, 0) is 87.1 Å². The number of carbonyl (C=O) groups is 4. The Hall–Kier alpha value is -4.52. The average Bonchev–Trinajstić information content (AvgIpc) is 4.13. The molecular formula is C45H57F4N3O11S. The van der Waals surface area contributed by atoms with Gasteiger partial charge in [0.2, 0.25) is 39.2 Å². The number of ketones is 1. The number of fused-ring (bicyclic) bond motifs is 3. The molecule has 0 bridgehead atoms. The standard InChI is InChI=1S/C45H57F4N3O11S/c1-6-27-16-26(2)10-7-8-11-29-22-43(29,41(56)51-64(57,58)42(3)13-14-42)23-35(53)34-19-30(62-39-31-20-33(46)36(59-4)17-28(31)18-37(50-39)60-5)24-52(34)40(55)32(27)21-38(54)63-44(45(47,48)49)12-9-15-61-25-44/h8,11,17-18,20,26-27,29-30,32,34H,6-7,9-10,12-16,19,21-25H2,1-5H3,(H,51,56)/b11-8-/t26-,27-,29-,30-,32+,34+,43-,44?/m1/s1. The van der Waals surface area contributed by atoms with Crippen LogP contribution in [-0.4, -0.2) is 105 Å². The monoisotopic (exact) mass is 923 g/mol. The minimum Gasteiger partial charge on any atom is -0.494 e. The molecule has 2 aliphatic carbocycles. The van der Waals surface area contributed by atoms with Gasteiger partial charge in [-0.25, -0.2) is 12.8 Å². The van der Waals surface area contributed by atoms with E-state index in [1.54, 1.807) is 13.0 Å². The van der Waals surface area contributed by atoms with Crippen LogP contribution in [-0.2, 0) is 38.7 Å². The predicted molar refractivity (Wildman–Crippen MR) is 223 cm³/mol. The summed E-state index contributed by atoms with van der Waals surface area (Å²) >= 11 is 0. The molecule has 3 aliphatic heterocycles. The van der Waals surface area contributed by atoms with E-state index in [1.807, 2.05) is 26.0 Å². The van der Waals surface area contributed by atoms with Crippen LogP contribution in [0.15, 0.2) is 30.4 Å². The van der Waals surface area contributed by atoms with Gasteiger partial charge in [-0.15, -0.1) is 0 Å². The number of pyridine rings is 1. The van der Waals surface area contributed by atoms with Crippen molar-refractivity contribution in [2.45, 2.75) is 126 Å². The first kappa shape index (κ1) is 47.4. The summed E-state index contributed by atoms with van der Waals surface area (Å²) in [6.45, 7) is 4.26. The summed E-state index contributed by atoms with van der Waals surface area (Å²) in [6, 6.07) is 2.85. The molecule has 4 heterocycles. The highest BCUT2D eigenvalue weighted by atomic mass is 32.2. The Bertz CT molecular complexity index is 2280. The summed E-state index contributed by atoms with van der Waals surface area (Å²) in [7, 11) is -1.40. The summed E-state index contributed by atoms with van der Waals surface area (Å²) in [4.78, 5) is 63.6. The number of nitrogens with one attached hydrogen (secondary N) is 1.